The SMILES string of the molecule is Cc1cc[c]([Sn]([Cl])([Cl])[c]2ccc(C)cc2)cc1.c1cnc2c(c1)ccc1cccnc12. The summed E-state index contributed by atoms with van der Waals surface area (Å²) in [6.07, 6.45) is 3.60. The smallest absolute Gasteiger partial charge is 0.0964 e. The molecular formula is C26H22Cl2N2Sn. The zero-order valence-electron chi connectivity index (χ0n) is 17.4. The van der Waals surface area contributed by atoms with Gasteiger partial charge >= 0.3 is 115 Å². The standard InChI is InChI=1S/C12H8N2.2C7H7.2ClH.Sn/c1-3-9-5-6-10-4-2-8-14-12(10)11(9)13-7-1;2*1-7-5-3-2-4-6-7;;;/h1-8H;2*3-6H,1H3;2*1H;/q;;;;;+2/p-2. The Hall–Kier alpha value is -2.14. The van der Waals surface area contributed by atoms with E-state index in [-0.39, 0.29) is 0 Å². The Bertz CT molecular complexity index is 1210. The van der Waals surface area contributed by atoms with Gasteiger partial charge < -0.3 is 0 Å². The zero-order chi connectivity index (χ0) is 21.8. The number of aromatic nitrogens is 2. The molecular weight excluding hydrogens is 530 g/mol. The van der Waals surface area contributed by atoms with Crippen molar-refractivity contribution in [3.8, 4) is 0 Å². The second-order valence-electron chi connectivity index (χ2n) is 7.52. The normalized spacial score (nSPS) is 11.2. The van der Waals surface area contributed by atoms with Gasteiger partial charge in [0.1, 0.15) is 0 Å². The van der Waals surface area contributed by atoms with Crippen molar-refractivity contribution in [3.63, 3.8) is 0 Å². The van der Waals surface area contributed by atoms with Gasteiger partial charge in [-0.05, 0) is 12.1 Å². The number of benzene rings is 3. The molecule has 2 nitrogen and oxygen atoms in total. The minimum Gasteiger partial charge on any atom is -0.254 e. The summed E-state index contributed by atoms with van der Waals surface area (Å²) in [5, 5.41) is 2.28. The summed E-state index contributed by atoms with van der Waals surface area (Å²) in [5.41, 5.74) is 4.41. The van der Waals surface area contributed by atoms with Crippen molar-refractivity contribution in [1.82, 2.24) is 9.97 Å². The molecule has 5 aromatic rings. The van der Waals surface area contributed by atoms with Crippen molar-refractivity contribution < 1.29 is 0 Å². The number of hydrogen-bond donors (Lipinski definition) is 0. The number of halogens is 2. The van der Waals surface area contributed by atoms with E-state index in [2.05, 4.69) is 96.6 Å². The first-order valence-corrected chi connectivity index (χ1v) is 20.1. The van der Waals surface area contributed by atoms with E-state index in [1.165, 1.54) is 11.1 Å². The Kier molecular flexibility index (Phi) is 6.80. The minimum absolute atomic E-state index is 0.977. The molecule has 0 N–H and O–H groups in total. The topological polar surface area (TPSA) is 25.8 Å². The van der Waals surface area contributed by atoms with Crippen LogP contribution in [0.1, 0.15) is 11.1 Å². The van der Waals surface area contributed by atoms with Crippen molar-refractivity contribution in [3.05, 3.63) is 108 Å². The quantitative estimate of drug-likeness (QED) is 0.195. The van der Waals surface area contributed by atoms with Crippen molar-refractivity contribution in [2.24, 2.45) is 0 Å². The van der Waals surface area contributed by atoms with Crippen molar-refractivity contribution in [1.29, 1.82) is 0 Å². The van der Waals surface area contributed by atoms with Crippen molar-refractivity contribution >= 4 is 62.9 Å². The number of nitrogens with zero attached hydrogens (tertiary/aromatic N) is 2. The molecule has 0 radical (unpaired) electrons. The van der Waals surface area contributed by atoms with Crippen LogP contribution in [-0.2, 0) is 0 Å². The van der Waals surface area contributed by atoms with Gasteiger partial charge in [0.2, 0.25) is 0 Å². The molecule has 0 bridgehead atoms. The molecule has 0 unspecified atom stereocenters. The maximum absolute atomic E-state index is 6.67. The molecule has 0 fully saturated rings. The largest absolute Gasteiger partial charge is 0.254 e. The molecule has 3 aromatic carbocycles. The number of rotatable bonds is 2. The van der Waals surface area contributed by atoms with Gasteiger partial charge in [-0.25, -0.2) is 0 Å². The minimum atomic E-state index is -3.36. The van der Waals surface area contributed by atoms with E-state index >= 15 is 0 Å². The summed E-state index contributed by atoms with van der Waals surface area (Å²) < 4.78 is 2.22. The van der Waals surface area contributed by atoms with Crippen LogP contribution in [0.4, 0.5) is 0 Å². The number of hydrogen-bond acceptors (Lipinski definition) is 2. The number of aryl methyl sites for hydroxylation is 2. The molecule has 5 heteroatoms. The second kappa shape index (κ2) is 9.56. The fourth-order valence-corrected chi connectivity index (χ4v) is 11.0. The van der Waals surface area contributed by atoms with Gasteiger partial charge in [-0.3, -0.25) is 9.97 Å². The van der Waals surface area contributed by atoms with Crippen LogP contribution in [-0.4, -0.2) is 26.1 Å². The number of fused-ring (bicyclic) bond motifs is 3. The Balaban J connectivity index is 0.000000151. The van der Waals surface area contributed by atoms with Crippen LogP contribution in [0.15, 0.2) is 97.3 Å². The van der Waals surface area contributed by atoms with Crippen LogP contribution in [0.5, 0.6) is 0 Å². The third kappa shape index (κ3) is 5.03. The molecule has 5 rings (SSSR count). The van der Waals surface area contributed by atoms with Crippen molar-refractivity contribution in [2.45, 2.75) is 13.8 Å². The zero-order valence-corrected chi connectivity index (χ0v) is 21.8. The molecule has 0 aliphatic heterocycles. The molecule has 0 aliphatic rings. The molecule has 0 spiro atoms. The van der Waals surface area contributed by atoms with Crippen LogP contribution in [0.25, 0.3) is 21.8 Å². The van der Waals surface area contributed by atoms with Crippen LogP contribution in [0, 0.1) is 13.8 Å². The van der Waals surface area contributed by atoms with Crippen LogP contribution >= 0.6 is 17.8 Å². The molecule has 2 heterocycles. The number of pyridine rings is 2. The fourth-order valence-electron chi connectivity index (χ4n) is 3.37. The molecule has 0 saturated carbocycles. The molecule has 154 valence electrons. The molecule has 0 saturated heterocycles. The monoisotopic (exact) mass is 552 g/mol. The summed E-state index contributed by atoms with van der Waals surface area (Å²) in [5.74, 6) is 0. The van der Waals surface area contributed by atoms with E-state index in [4.69, 9.17) is 17.8 Å². The van der Waals surface area contributed by atoms with E-state index in [1.807, 2.05) is 12.1 Å². The van der Waals surface area contributed by atoms with E-state index in [9.17, 15) is 0 Å². The van der Waals surface area contributed by atoms with Gasteiger partial charge in [-0.15, -0.1) is 0 Å². The molecule has 0 amide bonds. The maximum atomic E-state index is 6.67. The first kappa shape index (κ1) is 22.1. The van der Waals surface area contributed by atoms with Gasteiger partial charge in [0.15, 0.2) is 0 Å². The van der Waals surface area contributed by atoms with Gasteiger partial charge in [0, 0.05) is 23.2 Å². The molecule has 0 atom stereocenters. The second-order valence-corrected chi connectivity index (χ2v) is 23.0. The average molecular weight is 552 g/mol. The predicted octanol–water partition coefficient (Wildman–Crippen LogP) is 6.12. The predicted molar refractivity (Wildman–Crippen MR) is 136 cm³/mol. The Morgan fingerprint density at radius 2 is 0.935 bits per heavy atom. The third-order valence-electron chi connectivity index (χ3n) is 5.17. The fraction of sp³-hybridized carbons (Fsp3) is 0.0769. The summed E-state index contributed by atoms with van der Waals surface area (Å²) in [6.45, 7) is 4.13. The summed E-state index contributed by atoms with van der Waals surface area (Å²) in [4.78, 5) is 8.69. The third-order valence-corrected chi connectivity index (χ3v) is 17.1. The van der Waals surface area contributed by atoms with Crippen LogP contribution in [0.3, 0.4) is 0 Å². The summed E-state index contributed by atoms with van der Waals surface area (Å²) in [7, 11) is 13.3. The van der Waals surface area contributed by atoms with Gasteiger partial charge in [-0.2, -0.15) is 0 Å². The molecule has 31 heavy (non-hydrogen) atoms. The van der Waals surface area contributed by atoms with E-state index in [0.717, 1.165) is 29.0 Å². The van der Waals surface area contributed by atoms with Crippen molar-refractivity contribution in [2.75, 3.05) is 0 Å². The average Bonchev–Trinajstić information content (AvgIpc) is 2.80. The summed E-state index contributed by atoms with van der Waals surface area (Å²) in [6, 6.07) is 28.7. The Morgan fingerprint density at radius 1 is 0.548 bits per heavy atom. The van der Waals surface area contributed by atoms with E-state index in [0.29, 0.717) is 0 Å². The van der Waals surface area contributed by atoms with Gasteiger partial charge in [0.05, 0.1) is 11.0 Å². The van der Waals surface area contributed by atoms with E-state index in [1.54, 1.807) is 12.4 Å². The Morgan fingerprint density at radius 3 is 1.32 bits per heavy atom. The molecule has 0 aliphatic carbocycles. The van der Waals surface area contributed by atoms with Gasteiger partial charge in [0.25, 0.3) is 0 Å². The molecule has 2 aromatic heterocycles. The van der Waals surface area contributed by atoms with Gasteiger partial charge in [-0.1, -0.05) is 24.3 Å². The van der Waals surface area contributed by atoms with Crippen LogP contribution < -0.4 is 7.16 Å². The van der Waals surface area contributed by atoms with E-state index < -0.39 is 16.1 Å². The maximum Gasteiger partial charge on any atom is 0.0964 e. The first-order valence-electron chi connectivity index (χ1n) is 10.1. The van der Waals surface area contributed by atoms with Crippen LogP contribution in [0.2, 0.25) is 0 Å². The first-order chi connectivity index (χ1) is 14.9. The Labute approximate surface area is 194 Å². The summed E-state index contributed by atoms with van der Waals surface area (Å²) >= 11 is -3.36.